The van der Waals surface area contributed by atoms with Crippen LogP contribution in [0.1, 0.15) is 32.4 Å². The first-order valence-corrected chi connectivity index (χ1v) is 11.9. The lowest BCUT2D eigenvalue weighted by molar-refractivity contribution is -0.127. The fourth-order valence-electron chi connectivity index (χ4n) is 5.35. The van der Waals surface area contributed by atoms with E-state index in [0.717, 1.165) is 15.4 Å². The Morgan fingerprint density at radius 2 is 1.51 bits per heavy atom. The van der Waals surface area contributed by atoms with Crippen LogP contribution in [0.5, 0.6) is 0 Å². The van der Waals surface area contributed by atoms with Gasteiger partial charge in [0.05, 0.1) is 28.6 Å². The van der Waals surface area contributed by atoms with Gasteiger partial charge in [0.2, 0.25) is 29.0 Å². The molecule has 2 fully saturated rings. The van der Waals surface area contributed by atoms with Gasteiger partial charge in [-0.15, -0.1) is 0 Å². The molecule has 6 rings (SSSR count). The molecule has 0 radical (unpaired) electrons. The molecular formula is C26H14BrClFNO5. The van der Waals surface area contributed by atoms with Gasteiger partial charge in [0.1, 0.15) is 5.82 Å². The number of ketones is 2. The van der Waals surface area contributed by atoms with Gasteiger partial charge in [-0.25, -0.2) is 9.29 Å². The standard InChI is InChI=1S/C26H14BrClFNO5/c27-13-6-8-14(9-7-13)30-24(33)19-20(25(30)34)26(22(31)15-3-1-2-4-16(15)23(26)32)35-21(19)12-5-10-18(29)17(28)11-12/h1-11,19-21H/t19-,20-,21-/m0/s1. The van der Waals surface area contributed by atoms with Gasteiger partial charge in [-0.05, 0) is 42.0 Å². The number of fused-ring (bicyclic) bond motifs is 3. The summed E-state index contributed by atoms with van der Waals surface area (Å²) in [5, 5.41) is -0.211. The van der Waals surface area contributed by atoms with E-state index in [4.69, 9.17) is 16.3 Å². The summed E-state index contributed by atoms with van der Waals surface area (Å²) in [5.41, 5.74) is -1.33. The molecule has 0 unspecified atom stereocenters. The van der Waals surface area contributed by atoms with Gasteiger partial charge in [-0.3, -0.25) is 19.2 Å². The summed E-state index contributed by atoms with van der Waals surface area (Å²) in [6.07, 6.45) is -1.17. The minimum atomic E-state index is -2.20. The maximum Gasteiger partial charge on any atom is 0.241 e. The summed E-state index contributed by atoms with van der Waals surface area (Å²) in [6.45, 7) is 0. The molecule has 3 atom stereocenters. The number of hydrogen-bond acceptors (Lipinski definition) is 5. The van der Waals surface area contributed by atoms with Gasteiger partial charge >= 0.3 is 0 Å². The van der Waals surface area contributed by atoms with Gasteiger partial charge in [-0.1, -0.05) is 57.9 Å². The zero-order valence-electron chi connectivity index (χ0n) is 17.7. The van der Waals surface area contributed by atoms with E-state index in [1.807, 2.05) is 0 Å². The lowest BCUT2D eigenvalue weighted by Gasteiger charge is -2.27. The predicted octanol–water partition coefficient (Wildman–Crippen LogP) is 4.94. The molecule has 0 saturated carbocycles. The third kappa shape index (κ3) is 2.90. The first kappa shape index (κ1) is 22.3. The summed E-state index contributed by atoms with van der Waals surface area (Å²) in [4.78, 5) is 55.9. The van der Waals surface area contributed by atoms with Crippen LogP contribution < -0.4 is 4.90 Å². The van der Waals surface area contributed by atoms with E-state index in [-0.39, 0.29) is 16.1 Å². The molecule has 3 aromatic rings. The second-order valence-electron chi connectivity index (χ2n) is 8.64. The normalized spacial score (nSPS) is 24.4. The molecule has 3 aromatic carbocycles. The van der Waals surface area contributed by atoms with Crippen LogP contribution in [0, 0.1) is 17.7 Å². The molecule has 2 aliphatic heterocycles. The van der Waals surface area contributed by atoms with Gasteiger partial charge in [0.15, 0.2) is 0 Å². The number of benzene rings is 3. The van der Waals surface area contributed by atoms with Crippen molar-refractivity contribution in [2.45, 2.75) is 11.7 Å². The quantitative estimate of drug-likeness (QED) is 0.331. The Labute approximate surface area is 211 Å². The van der Waals surface area contributed by atoms with Gasteiger partial charge in [0, 0.05) is 15.6 Å². The zero-order valence-corrected chi connectivity index (χ0v) is 20.0. The third-order valence-corrected chi connectivity index (χ3v) is 7.69. The number of carbonyl (C=O) groups excluding carboxylic acids is 4. The molecular weight excluding hydrogens is 541 g/mol. The fourth-order valence-corrected chi connectivity index (χ4v) is 5.81. The highest BCUT2D eigenvalue weighted by Gasteiger charge is 2.74. The van der Waals surface area contributed by atoms with Crippen molar-refractivity contribution in [3.8, 4) is 0 Å². The van der Waals surface area contributed by atoms with Crippen LogP contribution in [0.15, 0.2) is 71.2 Å². The second kappa shape index (κ2) is 7.65. The fraction of sp³-hybridized carbons (Fsp3) is 0.154. The van der Waals surface area contributed by atoms with Crippen LogP contribution in [-0.2, 0) is 14.3 Å². The minimum absolute atomic E-state index is 0.136. The first-order valence-electron chi connectivity index (χ1n) is 10.7. The van der Waals surface area contributed by atoms with E-state index in [1.165, 1.54) is 24.3 Å². The average Bonchev–Trinajstić information content (AvgIpc) is 3.42. The highest BCUT2D eigenvalue weighted by Crippen LogP contribution is 2.57. The molecule has 0 N–H and O–H groups in total. The number of Topliss-reactive ketones (excluding diaryl/α,β-unsaturated/α-hetero) is 2. The highest BCUT2D eigenvalue weighted by molar-refractivity contribution is 9.10. The molecule has 1 spiro atoms. The maximum atomic E-state index is 13.9. The highest BCUT2D eigenvalue weighted by atomic mass is 79.9. The number of nitrogens with zero attached hydrogens (tertiary/aromatic N) is 1. The molecule has 2 amide bonds. The van der Waals surface area contributed by atoms with E-state index in [9.17, 15) is 23.6 Å². The molecule has 3 aliphatic rings. The Hall–Kier alpha value is -3.20. The SMILES string of the molecule is O=C1[C@H]2[C@@H](C(=O)N1c1ccc(Br)cc1)C1(O[C@H]2c2ccc(F)c(Cl)c2)C(=O)c2ccccc2C1=O. The van der Waals surface area contributed by atoms with Crippen molar-refractivity contribution in [1.29, 1.82) is 0 Å². The van der Waals surface area contributed by atoms with E-state index in [2.05, 4.69) is 15.9 Å². The van der Waals surface area contributed by atoms with Gasteiger partial charge < -0.3 is 4.74 Å². The van der Waals surface area contributed by atoms with Crippen molar-refractivity contribution >= 4 is 56.6 Å². The Morgan fingerprint density at radius 3 is 2.11 bits per heavy atom. The van der Waals surface area contributed by atoms with Crippen molar-refractivity contribution in [3.63, 3.8) is 0 Å². The average molecular weight is 555 g/mol. The number of anilines is 1. The topological polar surface area (TPSA) is 80.8 Å². The second-order valence-corrected chi connectivity index (χ2v) is 9.97. The van der Waals surface area contributed by atoms with Gasteiger partial charge in [0.25, 0.3) is 0 Å². The zero-order chi connectivity index (χ0) is 24.6. The molecule has 0 bridgehead atoms. The van der Waals surface area contributed by atoms with Gasteiger partial charge in [-0.2, -0.15) is 0 Å². The van der Waals surface area contributed by atoms with Crippen molar-refractivity contribution in [2.24, 2.45) is 11.8 Å². The lowest BCUT2D eigenvalue weighted by Crippen LogP contribution is -2.51. The van der Waals surface area contributed by atoms with Crippen LogP contribution >= 0.6 is 27.5 Å². The Bertz CT molecular complexity index is 1440. The van der Waals surface area contributed by atoms with E-state index in [0.29, 0.717) is 11.3 Å². The minimum Gasteiger partial charge on any atom is -0.349 e. The van der Waals surface area contributed by atoms with Crippen LogP contribution in [0.3, 0.4) is 0 Å². The maximum absolute atomic E-state index is 13.9. The monoisotopic (exact) mass is 553 g/mol. The molecule has 9 heteroatoms. The number of ether oxygens (including phenoxy) is 1. The molecule has 2 heterocycles. The van der Waals surface area contributed by atoms with Crippen LogP contribution in [0.2, 0.25) is 5.02 Å². The van der Waals surface area contributed by atoms with E-state index < -0.39 is 52.7 Å². The molecule has 1 aliphatic carbocycles. The number of carbonyl (C=O) groups is 4. The van der Waals surface area contributed by atoms with Crippen LogP contribution in [0.25, 0.3) is 0 Å². The number of halogens is 3. The Morgan fingerprint density at radius 1 is 0.886 bits per heavy atom. The van der Waals surface area contributed by atoms with Crippen molar-refractivity contribution in [2.75, 3.05) is 4.90 Å². The Kier molecular flexibility index (Phi) is 4.87. The van der Waals surface area contributed by atoms with Crippen molar-refractivity contribution in [1.82, 2.24) is 0 Å². The summed E-state index contributed by atoms with van der Waals surface area (Å²) in [6, 6.07) is 16.5. The lowest BCUT2D eigenvalue weighted by atomic mass is 9.77. The molecule has 0 aromatic heterocycles. The van der Waals surface area contributed by atoms with E-state index in [1.54, 1.807) is 36.4 Å². The van der Waals surface area contributed by atoms with Crippen molar-refractivity contribution < 1.29 is 28.3 Å². The number of imide groups is 1. The molecule has 2 saturated heterocycles. The summed E-state index contributed by atoms with van der Waals surface area (Å²) < 4.78 is 20.8. The summed E-state index contributed by atoms with van der Waals surface area (Å²) in [5.74, 6) is -5.89. The first-order chi connectivity index (χ1) is 16.8. The molecule has 6 nitrogen and oxygen atoms in total. The molecule has 35 heavy (non-hydrogen) atoms. The Balaban J connectivity index is 1.55. The predicted molar refractivity (Wildman–Crippen MR) is 127 cm³/mol. The molecule has 174 valence electrons. The number of hydrogen-bond donors (Lipinski definition) is 0. The summed E-state index contributed by atoms with van der Waals surface area (Å²) >= 11 is 9.32. The summed E-state index contributed by atoms with van der Waals surface area (Å²) in [7, 11) is 0. The van der Waals surface area contributed by atoms with Crippen molar-refractivity contribution in [3.05, 3.63) is 98.7 Å². The number of rotatable bonds is 2. The van der Waals surface area contributed by atoms with Crippen LogP contribution in [-0.4, -0.2) is 29.0 Å². The van der Waals surface area contributed by atoms with E-state index >= 15 is 0 Å². The van der Waals surface area contributed by atoms with Crippen LogP contribution in [0.4, 0.5) is 10.1 Å². The smallest absolute Gasteiger partial charge is 0.241 e. The largest absolute Gasteiger partial charge is 0.349 e. The number of amides is 2. The third-order valence-electron chi connectivity index (χ3n) is 6.88.